The van der Waals surface area contributed by atoms with Gasteiger partial charge in [0.05, 0.1) is 5.52 Å². The number of aromatic nitrogens is 2. The zero-order valence-electron chi connectivity index (χ0n) is 8.69. The van der Waals surface area contributed by atoms with Crippen LogP contribution in [0.1, 0.15) is 23.0 Å². The Morgan fingerprint density at radius 1 is 1.60 bits per heavy atom. The van der Waals surface area contributed by atoms with Crippen LogP contribution in [0.15, 0.2) is 18.3 Å². The summed E-state index contributed by atoms with van der Waals surface area (Å²) in [5.41, 5.74) is 2.59. The van der Waals surface area contributed by atoms with Gasteiger partial charge in [-0.2, -0.15) is 0 Å². The number of pyridine rings is 1. The topological polar surface area (TPSA) is 55.1 Å². The summed E-state index contributed by atoms with van der Waals surface area (Å²) in [6, 6.07) is 3.70. The van der Waals surface area contributed by atoms with Gasteiger partial charge in [0.1, 0.15) is 11.1 Å². The first-order valence-corrected chi connectivity index (χ1v) is 4.82. The molecule has 0 atom stereocenters. The number of hydrogen-bond acceptors (Lipinski definition) is 2. The molecule has 2 aromatic heterocycles. The Hall–Kier alpha value is -1.84. The van der Waals surface area contributed by atoms with Gasteiger partial charge >= 0.3 is 5.97 Å². The van der Waals surface area contributed by atoms with Crippen LogP contribution in [-0.2, 0) is 13.5 Å². The molecule has 0 bridgehead atoms. The summed E-state index contributed by atoms with van der Waals surface area (Å²) in [5.74, 6) is -0.906. The maximum absolute atomic E-state index is 11.2. The minimum Gasteiger partial charge on any atom is -0.478 e. The minimum atomic E-state index is -0.906. The summed E-state index contributed by atoms with van der Waals surface area (Å²) in [7, 11) is 1.87. The van der Waals surface area contributed by atoms with E-state index in [4.69, 9.17) is 5.11 Å². The lowest BCUT2D eigenvalue weighted by Crippen LogP contribution is -2.03. The van der Waals surface area contributed by atoms with Crippen molar-refractivity contribution in [1.29, 1.82) is 0 Å². The van der Waals surface area contributed by atoms with Crippen molar-refractivity contribution >= 4 is 17.0 Å². The van der Waals surface area contributed by atoms with Gasteiger partial charge in [0, 0.05) is 18.9 Å². The van der Waals surface area contributed by atoms with E-state index < -0.39 is 5.97 Å². The molecule has 0 aliphatic carbocycles. The number of nitrogens with zero attached hydrogens (tertiary/aromatic N) is 2. The molecule has 0 saturated carbocycles. The van der Waals surface area contributed by atoms with E-state index in [-0.39, 0.29) is 0 Å². The van der Waals surface area contributed by atoms with Crippen molar-refractivity contribution in [3.05, 3.63) is 29.6 Å². The van der Waals surface area contributed by atoms with Crippen molar-refractivity contribution < 1.29 is 9.90 Å². The zero-order valence-corrected chi connectivity index (χ0v) is 8.69. The Balaban J connectivity index is 2.91. The van der Waals surface area contributed by atoms with Crippen LogP contribution in [0.5, 0.6) is 0 Å². The van der Waals surface area contributed by atoms with E-state index in [9.17, 15) is 4.79 Å². The minimum absolute atomic E-state index is 0.329. The Morgan fingerprint density at radius 2 is 2.33 bits per heavy atom. The number of carboxylic acid groups (broad SMARTS) is 1. The Morgan fingerprint density at radius 3 is 2.93 bits per heavy atom. The predicted molar refractivity (Wildman–Crippen MR) is 57.1 cm³/mol. The van der Waals surface area contributed by atoms with Crippen molar-refractivity contribution in [3.8, 4) is 0 Å². The number of hydrogen-bond donors (Lipinski definition) is 1. The molecule has 2 heterocycles. The van der Waals surface area contributed by atoms with Crippen molar-refractivity contribution in [2.45, 2.75) is 13.3 Å². The third kappa shape index (κ3) is 1.29. The first-order chi connectivity index (χ1) is 7.16. The second-order valence-electron chi connectivity index (χ2n) is 3.41. The predicted octanol–water partition coefficient (Wildman–Crippen LogP) is 1.83. The van der Waals surface area contributed by atoms with E-state index in [1.807, 2.05) is 30.7 Å². The number of rotatable bonds is 2. The smallest absolute Gasteiger partial charge is 0.339 e. The van der Waals surface area contributed by atoms with Crippen molar-refractivity contribution in [2.75, 3.05) is 0 Å². The molecular weight excluding hydrogens is 192 g/mol. The standard InChI is InChI=1S/C11H12N2O2/c1-3-7-9(11(14)15)10-8(13(7)2)5-4-6-12-10/h4-6H,3H2,1-2H3,(H,14,15). The van der Waals surface area contributed by atoms with E-state index in [2.05, 4.69) is 4.98 Å². The monoisotopic (exact) mass is 204 g/mol. The molecule has 2 aromatic rings. The summed E-state index contributed by atoms with van der Waals surface area (Å²) >= 11 is 0. The van der Waals surface area contributed by atoms with Gasteiger partial charge in [0.2, 0.25) is 0 Å². The summed E-state index contributed by atoms with van der Waals surface area (Å²) in [6.45, 7) is 1.95. The molecule has 0 aliphatic rings. The molecule has 78 valence electrons. The van der Waals surface area contributed by atoms with Gasteiger partial charge in [0.15, 0.2) is 0 Å². The van der Waals surface area contributed by atoms with Gasteiger partial charge in [-0.05, 0) is 18.6 Å². The number of aryl methyl sites for hydroxylation is 1. The Bertz CT molecular complexity index is 529. The highest BCUT2D eigenvalue weighted by Gasteiger charge is 2.19. The van der Waals surface area contributed by atoms with Crippen LogP contribution >= 0.6 is 0 Å². The highest BCUT2D eigenvalue weighted by molar-refractivity contribution is 6.03. The van der Waals surface area contributed by atoms with E-state index in [0.717, 1.165) is 11.2 Å². The molecule has 0 radical (unpaired) electrons. The van der Waals surface area contributed by atoms with Crippen LogP contribution in [0, 0.1) is 0 Å². The van der Waals surface area contributed by atoms with E-state index >= 15 is 0 Å². The normalized spacial score (nSPS) is 10.8. The second kappa shape index (κ2) is 3.38. The van der Waals surface area contributed by atoms with Crippen molar-refractivity contribution in [2.24, 2.45) is 7.05 Å². The lowest BCUT2D eigenvalue weighted by atomic mass is 10.2. The molecule has 0 spiro atoms. The van der Waals surface area contributed by atoms with Gasteiger partial charge < -0.3 is 9.67 Å². The van der Waals surface area contributed by atoms with Gasteiger partial charge in [-0.3, -0.25) is 4.98 Å². The van der Waals surface area contributed by atoms with E-state index in [1.165, 1.54) is 0 Å². The number of fused-ring (bicyclic) bond motifs is 1. The molecule has 0 aromatic carbocycles. The van der Waals surface area contributed by atoms with Crippen molar-refractivity contribution in [3.63, 3.8) is 0 Å². The third-order valence-corrected chi connectivity index (χ3v) is 2.63. The molecule has 0 fully saturated rings. The number of aromatic carboxylic acids is 1. The van der Waals surface area contributed by atoms with Gasteiger partial charge in [-0.1, -0.05) is 6.92 Å². The SMILES string of the molecule is CCc1c(C(=O)O)c2ncccc2n1C. The van der Waals surface area contributed by atoms with Crippen LogP contribution in [-0.4, -0.2) is 20.6 Å². The lowest BCUT2D eigenvalue weighted by molar-refractivity contribution is 0.0697. The average Bonchev–Trinajstić information content (AvgIpc) is 2.52. The molecule has 0 unspecified atom stereocenters. The molecule has 4 heteroatoms. The third-order valence-electron chi connectivity index (χ3n) is 2.63. The van der Waals surface area contributed by atoms with Gasteiger partial charge in [-0.25, -0.2) is 4.79 Å². The molecule has 0 aliphatic heterocycles. The number of carbonyl (C=O) groups is 1. The maximum atomic E-state index is 11.2. The summed E-state index contributed by atoms with van der Waals surface area (Å²) in [5, 5.41) is 9.15. The quantitative estimate of drug-likeness (QED) is 0.812. The van der Waals surface area contributed by atoms with Crippen LogP contribution in [0.25, 0.3) is 11.0 Å². The molecule has 0 amide bonds. The highest BCUT2D eigenvalue weighted by atomic mass is 16.4. The van der Waals surface area contributed by atoms with Gasteiger partial charge in [-0.15, -0.1) is 0 Å². The van der Waals surface area contributed by atoms with Gasteiger partial charge in [0.25, 0.3) is 0 Å². The summed E-state index contributed by atoms with van der Waals surface area (Å²) in [4.78, 5) is 15.3. The molecule has 1 N–H and O–H groups in total. The number of carboxylic acids is 1. The van der Waals surface area contributed by atoms with Crippen LogP contribution in [0.3, 0.4) is 0 Å². The Labute approximate surface area is 87.2 Å². The second-order valence-corrected chi connectivity index (χ2v) is 3.41. The van der Waals surface area contributed by atoms with Crippen LogP contribution in [0.2, 0.25) is 0 Å². The highest BCUT2D eigenvalue weighted by Crippen LogP contribution is 2.23. The van der Waals surface area contributed by atoms with Crippen LogP contribution < -0.4 is 0 Å². The molecule has 15 heavy (non-hydrogen) atoms. The average molecular weight is 204 g/mol. The Kier molecular flexibility index (Phi) is 2.19. The lowest BCUT2D eigenvalue weighted by Gasteiger charge is -2.00. The fourth-order valence-corrected chi connectivity index (χ4v) is 1.95. The fraction of sp³-hybridized carbons (Fsp3) is 0.273. The van der Waals surface area contributed by atoms with Crippen molar-refractivity contribution in [1.82, 2.24) is 9.55 Å². The first-order valence-electron chi connectivity index (χ1n) is 4.82. The maximum Gasteiger partial charge on any atom is 0.339 e. The first kappa shape index (κ1) is 9.71. The summed E-state index contributed by atoms with van der Waals surface area (Å²) < 4.78 is 1.89. The van der Waals surface area contributed by atoms with E-state index in [0.29, 0.717) is 17.5 Å². The molecule has 4 nitrogen and oxygen atoms in total. The zero-order chi connectivity index (χ0) is 11.0. The molecule has 0 saturated heterocycles. The van der Waals surface area contributed by atoms with E-state index in [1.54, 1.807) is 6.20 Å². The fourth-order valence-electron chi connectivity index (χ4n) is 1.95. The molecular formula is C11H12N2O2. The molecule has 2 rings (SSSR count). The largest absolute Gasteiger partial charge is 0.478 e. The summed E-state index contributed by atoms with van der Waals surface area (Å²) in [6.07, 6.45) is 2.31. The van der Waals surface area contributed by atoms with Crippen LogP contribution in [0.4, 0.5) is 0 Å².